The molecule has 1 heterocycles. The molecule has 2 rings (SSSR count). The minimum absolute atomic E-state index is 0.341. The largest absolute Gasteiger partial charge is 0.271 e. The van der Waals surface area contributed by atoms with Crippen molar-refractivity contribution in [2.45, 2.75) is 71.4 Å². The van der Waals surface area contributed by atoms with Crippen molar-refractivity contribution in [3.63, 3.8) is 0 Å². The summed E-state index contributed by atoms with van der Waals surface area (Å²) in [5.74, 6) is 6.68. The Balaban J connectivity index is 1.95. The molecule has 1 aromatic heterocycles. The Kier molecular flexibility index (Phi) is 6.05. The lowest BCUT2D eigenvalue weighted by Gasteiger charge is -2.19. The van der Waals surface area contributed by atoms with E-state index in [4.69, 9.17) is 5.84 Å². The van der Waals surface area contributed by atoms with Gasteiger partial charge in [0.25, 0.3) is 0 Å². The number of nitrogens with zero attached hydrogens (tertiary/aromatic N) is 2. The lowest BCUT2D eigenvalue weighted by molar-refractivity contribution is 0.400. The first-order chi connectivity index (χ1) is 9.65. The summed E-state index contributed by atoms with van der Waals surface area (Å²) in [5, 5.41) is 4.55. The Morgan fingerprint density at radius 2 is 2.15 bits per heavy atom. The van der Waals surface area contributed by atoms with Gasteiger partial charge in [0.2, 0.25) is 0 Å². The zero-order valence-electron chi connectivity index (χ0n) is 12.7. The minimum Gasteiger partial charge on any atom is -0.271 e. The quantitative estimate of drug-likeness (QED) is 0.590. The summed E-state index contributed by atoms with van der Waals surface area (Å²) in [7, 11) is 0. The van der Waals surface area contributed by atoms with Gasteiger partial charge in [0.1, 0.15) is 0 Å². The number of rotatable bonds is 7. The van der Waals surface area contributed by atoms with E-state index < -0.39 is 0 Å². The van der Waals surface area contributed by atoms with Crippen LogP contribution >= 0.6 is 15.9 Å². The van der Waals surface area contributed by atoms with Crippen LogP contribution in [0.4, 0.5) is 0 Å². The second-order valence-corrected chi connectivity index (χ2v) is 6.75. The fourth-order valence-electron chi connectivity index (χ4n) is 3.28. The van der Waals surface area contributed by atoms with Crippen molar-refractivity contribution in [1.82, 2.24) is 15.2 Å². The van der Waals surface area contributed by atoms with Crippen LogP contribution < -0.4 is 11.3 Å². The maximum absolute atomic E-state index is 5.76. The molecule has 1 saturated carbocycles. The number of hydrogen-bond acceptors (Lipinski definition) is 3. The molecular formula is C15H27BrN4. The highest BCUT2D eigenvalue weighted by atomic mass is 79.9. The third kappa shape index (κ3) is 3.83. The molecule has 5 heteroatoms. The van der Waals surface area contributed by atoms with Crippen LogP contribution in [0.25, 0.3) is 0 Å². The Labute approximate surface area is 130 Å². The van der Waals surface area contributed by atoms with Crippen molar-refractivity contribution in [3.05, 3.63) is 15.9 Å². The van der Waals surface area contributed by atoms with E-state index in [1.807, 2.05) is 6.92 Å². The fraction of sp³-hybridized carbons (Fsp3) is 0.800. The maximum Gasteiger partial charge on any atom is 0.0738 e. The normalized spacial score (nSPS) is 17.8. The number of nitrogens with two attached hydrogens (primary N) is 1. The van der Waals surface area contributed by atoms with E-state index in [2.05, 4.69) is 38.1 Å². The Hall–Kier alpha value is -0.390. The van der Waals surface area contributed by atoms with Crippen molar-refractivity contribution >= 4 is 15.9 Å². The van der Waals surface area contributed by atoms with E-state index in [9.17, 15) is 0 Å². The third-order valence-electron chi connectivity index (χ3n) is 4.53. The van der Waals surface area contributed by atoms with Gasteiger partial charge in [-0.15, -0.1) is 0 Å². The Morgan fingerprint density at radius 1 is 1.45 bits per heavy atom. The first-order valence-corrected chi connectivity index (χ1v) is 8.62. The SMILES string of the molecule is CCn1nc(C)c(Br)c1CC(CCC1CCCC1)NN. The average molecular weight is 343 g/mol. The zero-order valence-corrected chi connectivity index (χ0v) is 14.2. The monoisotopic (exact) mass is 342 g/mol. The van der Waals surface area contributed by atoms with E-state index in [-0.39, 0.29) is 0 Å². The van der Waals surface area contributed by atoms with Gasteiger partial charge in [-0.05, 0) is 48.5 Å². The highest BCUT2D eigenvalue weighted by molar-refractivity contribution is 9.10. The van der Waals surface area contributed by atoms with E-state index in [0.717, 1.165) is 35.5 Å². The van der Waals surface area contributed by atoms with E-state index in [1.165, 1.54) is 37.8 Å². The standard InChI is InChI=1S/C15H27BrN4/c1-3-20-14(15(16)11(2)19-20)10-13(18-17)9-8-12-6-4-5-7-12/h12-13,18H,3-10,17H2,1-2H3. The van der Waals surface area contributed by atoms with Gasteiger partial charge in [0, 0.05) is 19.0 Å². The third-order valence-corrected chi connectivity index (χ3v) is 5.56. The highest BCUT2D eigenvalue weighted by Gasteiger charge is 2.20. The molecule has 3 N–H and O–H groups in total. The first-order valence-electron chi connectivity index (χ1n) is 7.83. The summed E-state index contributed by atoms with van der Waals surface area (Å²) in [4.78, 5) is 0. The summed E-state index contributed by atoms with van der Waals surface area (Å²) < 4.78 is 3.22. The van der Waals surface area contributed by atoms with Gasteiger partial charge in [0.05, 0.1) is 15.9 Å². The lowest BCUT2D eigenvalue weighted by atomic mass is 9.96. The molecule has 1 aliphatic carbocycles. The van der Waals surface area contributed by atoms with Crippen LogP contribution in [0.3, 0.4) is 0 Å². The van der Waals surface area contributed by atoms with Gasteiger partial charge in [-0.1, -0.05) is 25.7 Å². The molecule has 1 aromatic rings. The topological polar surface area (TPSA) is 55.9 Å². The van der Waals surface area contributed by atoms with E-state index >= 15 is 0 Å². The molecule has 0 amide bonds. The molecule has 0 aromatic carbocycles. The predicted molar refractivity (Wildman–Crippen MR) is 86.3 cm³/mol. The number of nitrogens with one attached hydrogen (secondary N) is 1. The highest BCUT2D eigenvalue weighted by Crippen LogP contribution is 2.30. The summed E-state index contributed by atoms with van der Waals surface area (Å²) in [6, 6.07) is 0.341. The van der Waals surface area contributed by atoms with Gasteiger partial charge in [-0.2, -0.15) is 5.10 Å². The number of hydrazine groups is 1. The summed E-state index contributed by atoms with van der Waals surface area (Å²) in [6.07, 6.45) is 9.04. The number of hydrogen-bond donors (Lipinski definition) is 2. The molecule has 1 unspecified atom stereocenters. The Morgan fingerprint density at radius 3 is 2.75 bits per heavy atom. The van der Waals surface area contributed by atoms with Crippen LogP contribution in [-0.4, -0.2) is 15.8 Å². The number of aryl methyl sites for hydroxylation is 2. The van der Waals surface area contributed by atoms with E-state index in [1.54, 1.807) is 0 Å². The molecule has 0 radical (unpaired) electrons. The van der Waals surface area contributed by atoms with Crippen molar-refractivity contribution < 1.29 is 0 Å². The van der Waals surface area contributed by atoms with E-state index in [0.29, 0.717) is 6.04 Å². The molecule has 114 valence electrons. The molecule has 20 heavy (non-hydrogen) atoms. The summed E-state index contributed by atoms with van der Waals surface area (Å²) in [5.41, 5.74) is 5.33. The van der Waals surface area contributed by atoms with Crippen LogP contribution in [-0.2, 0) is 13.0 Å². The van der Waals surface area contributed by atoms with Gasteiger partial charge >= 0.3 is 0 Å². The van der Waals surface area contributed by atoms with Crippen molar-refractivity contribution in [2.75, 3.05) is 0 Å². The van der Waals surface area contributed by atoms with Gasteiger partial charge < -0.3 is 0 Å². The molecule has 1 atom stereocenters. The minimum atomic E-state index is 0.341. The van der Waals surface area contributed by atoms with Gasteiger partial charge in [-0.3, -0.25) is 16.0 Å². The summed E-state index contributed by atoms with van der Waals surface area (Å²) >= 11 is 3.66. The van der Waals surface area contributed by atoms with Crippen LogP contribution in [0.15, 0.2) is 4.47 Å². The molecule has 0 spiro atoms. The van der Waals surface area contributed by atoms with Gasteiger partial charge in [0.15, 0.2) is 0 Å². The van der Waals surface area contributed by atoms with Crippen LogP contribution in [0.1, 0.15) is 56.8 Å². The van der Waals surface area contributed by atoms with Crippen molar-refractivity contribution in [2.24, 2.45) is 11.8 Å². The second kappa shape index (κ2) is 7.57. The molecule has 4 nitrogen and oxygen atoms in total. The lowest BCUT2D eigenvalue weighted by Crippen LogP contribution is -2.37. The maximum atomic E-state index is 5.76. The van der Waals surface area contributed by atoms with Crippen molar-refractivity contribution in [3.8, 4) is 0 Å². The van der Waals surface area contributed by atoms with Crippen LogP contribution in [0.5, 0.6) is 0 Å². The average Bonchev–Trinajstić information content (AvgIpc) is 3.06. The fourth-order valence-corrected chi connectivity index (χ4v) is 3.72. The number of halogens is 1. The number of aromatic nitrogens is 2. The molecule has 0 saturated heterocycles. The molecule has 0 bridgehead atoms. The smallest absolute Gasteiger partial charge is 0.0738 e. The molecule has 1 aliphatic rings. The zero-order chi connectivity index (χ0) is 14.5. The molecule has 1 fully saturated rings. The van der Waals surface area contributed by atoms with Crippen LogP contribution in [0.2, 0.25) is 0 Å². The molecule has 0 aliphatic heterocycles. The predicted octanol–water partition coefficient (Wildman–Crippen LogP) is 3.32. The van der Waals surface area contributed by atoms with Crippen LogP contribution in [0, 0.1) is 12.8 Å². The Bertz CT molecular complexity index is 424. The summed E-state index contributed by atoms with van der Waals surface area (Å²) in [6.45, 7) is 5.08. The second-order valence-electron chi connectivity index (χ2n) is 5.96. The first kappa shape index (κ1) is 16.0. The van der Waals surface area contributed by atoms with Crippen molar-refractivity contribution in [1.29, 1.82) is 0 Å². The van der Waals surface area contributed by atoms with Gasteiger partial charge in [-0.25, -0.2) is 0 Å². The molecular weight excluding hydrogens is 316 g/mol.